The number of aryl methyl sites for hydroxylation is 1. The van der Waals surface area contributed by atoms with Crippen LogP contribution >= 0.6 is 27.3 Å². The highest BCUT2D eigenvalue weighted by Crippen LogP contribution is 2.22. The molecule has 100 valence electrons. The number of halogens is 1. The van der Waals surface area contributed by atoms with Gasteiger partial charge in [0, 0.05) is 15.4 Å². The van der Waals surface area contributed by atoms with Crippen LogP contribution in [0.1, 0.15) is 34.4 Å². The summed E-state index contributed by atoms with van der Waals surface area (Å²) < 4.78 is 6.42. The molecule has 1 aromatic heterocycles. The Labute approximate surface area is 124 Å². The minimum Gasteiger partial charge on any atom is -0.487 e. The molecule has 3 nitrogen and oxygen atoms in total. The highest BCUT2D eigenvalue weighted by Gasteiger charge is 2.04. The van der Waals surface area contributed by atoms with Crippen LogP contribution in [0.5, 0.6) is 5.75 Å². The van der Waals surface area contributed by atoms with Gasteiger partial charge < -0.3 is 4.74 Å². The van der Waals surface area contributed by atoms with Gasteiger partial charge in [-0.1, -0.05) is 22.9 Å². The van der Waals surface area contributed by atoms with E-state index >= 15 is 0 Å². The monoisotopic (exact) mass is 339 g/mol. The molecular weight excluding hydrogens is 326 g/mol. The van der Waals surface area contributed by atoms with Crippen LogP contribution in [0.3, 0.4) is 0 Å². The van der Waals surface area contributed by atoms with E-state index in [2.05, 4.69) is 27.8 Å². The topological polar surface area (TPSA) is 39.2 Å². The Kier molecular flexibility index (Phi) is 5.10. The number of nitrogens with zero attached hydrogens (tertiary/aromatic N) is 1. The van der Waals surface area contributed by atoms with Gasteiger partial charge in [-0.15, -0.1) is 11.3 Å². The molecule has 19 heavy (non-hydrogen) atoms. The molecule has 0 saturated heterocycles. The van der Waals surface area contributed by atoms with Crippen molar-refractivity contribution in [3.63, 3.8) is 0 Å². The average Bonchev–Trinajstić information content (AvgIpc) is 2.86. The third-order valence-corrected chi connectivity index (χ3v) is 4.22. The number of carbonyl (C=O) groups excluding carboxylic acids is 1. The summed E-state index contributed by atoms with van der Waals surface area (Å²) in [5.41, 5.74) is 1.52. The van der Waals surface area contributed by atoms with Crippen LogP contribution in [-0.4, -0.2) is 11.3 Å². The maximum atomic E-state index is 10.8. The molecule has 1 aromatic carbocycles. The quantitative estimate of drug-likeness (QED) is 0.738. The van der Waals surface area contributed by atoms with Crippen LogP contribution < -0.4 is 4.74 Å². The Morgan fingerprint density at radius 2 is 2.32 bits per heavy atom. The molecule has 2 aromatic rings. The average molecular weight is 340 g/mol. The number of carbonyl (C=O) groups is 1. The predicted molar refractivity (Wildman–Crippen MR) is 80.0 cm³/mol. The van der Waals surface area contributed by atoms with Gasteiger partial charge >= 0.3 is 0 Å². The van der Waals surface area contributed by atoms with Crippen LogP contribution in [0.4, 0.5) is 0 Å². The van der Waals surface area contributed by atoms with Gasteiger partial charge in [-0.05, 0) is 31.0 Å². The lowest BCUT2D eigenvalue weighted by atomic mass is 10.2. The molecule has 0 aliphatic heterocycles. The summed E-state index contributed by atoms with van der Waals surface area (Å²) in [7, 11) is 0. The second-order valence-corrected chi connectivity index (χ2v) is 5.87. The second kappa shape index (κ2) is 6.82. The van der Waals surface area contributed by atoms with E-state index in [-0.39, 0.29) is 0 Å². The van der Waals surface area contributed by atoms with Crippen molar-refractivity contribution in [2.45, 2.75) is 26.4 Å². The van der Waals surface area contributed by atoms with E-state index in [0.29, 0.717) is 17.9 Å². The first-order valence-corrected chi connectivity index (χ1v) is 7.71. The second-order valence-electron chi connectivity index (χ2n) is 4.07. The number of rotatable bonds is 6. The van der Waals surface area contributed by atoms with Crippen LogP contribution in [0.2, 0.25) is 0 Å². The molecule has 2 rings (SSSR count). The van der Waals surface area contributed by atoms with E-state index in [4.69, 9.17) is 4.74 Å². The van der Waals surface area contributed by atoms with Gasteiger partial charge in [-0.3, -0.25) is 4.79 Å². The first-order valence-electron chi connectivity index (χ1n) is 6.03. The van der Waals surface area contributed by atoms with E-state index in [9.17, 15) is 4.79 Å². The number of benzene rings is 1. The molecule has 0 aliphatic carbocycles. The summed E-state index contributed by atoms with van der Waals surface area (Å²) in [4.78, 5) is 15.3. The summed E-state index contributed by atoms with van der Waals surface area (Å²) in [6.07, 6.45) is 2.92. The smallest absolute Gasteiger partial charge is 0.151 e. The van der Waals surface area contributed by atoms with Crippen LogP contribution in [0.25, 0.3) is 0 Å². The molecule has 0 saturated carbocycles. The molecule has 0 bridgehead atoms. The van der Waals surface area contributed by atoms with Gasteiger partial charge in [0.15, 0.2) is 6.29 Å². The van der Waals surface area contributed by atoms with Gasteiger partial charge in [0.25, 0.3) is 0 Å². The molecular formula is C14H14BrNO2S. The van der Waals surface area contributed by atoms with E-state index < -0.39 is 0 Å². The zero-order valence-corrected chi connectivity index (χ0v) is 13.0. The first kappa shape index (κ1) is 14.2. The lowest BCUT2D eigenvalue weighted by Crippen LogP contribution is -1.97. The van der Waals surface area contributed by atoms with Crippen LogP contribution in [-0.2, 0) is 13.0 Å². The number of ether oxygens (including phenoxy) is 1. The molecule has 0 amide bonds. The molecule has 5 heteroatoms. The van der Waals surface area contributed by atoms with Crippen molar-refractivity contribution in [1.29, 1.82) is 0 Å². The van der Waals surface area contributed by atoms with Gasteiger partial charge in [-0.2, -0.15) is 0 Å². The number of aldehydes is 1. The van der Waals surface area contributed by atoms with Crippen molar-refractivity contribution in [1.82, 2.24) is 4.98 Å². The molecule has 0 aliphatic rings. The number of hydrogen-bond donors (Lipinski definition) is 0. The van der Waals surface area contributed by atoms with Crippen LogP contribution in [0, 0.1) is 0 Å². The van der Waals surface area contributed by atoms with Crippen molar-refractivity contribution in [2.75, 3.05) is 0 Å². The highest BCUT2D eigenvalue weighted by molar-refractivity contribution is 9.10. The summed E-state index contributed by atoms with van der Waals surface area (Å²) in [5, 5.41) is 3.16. The third kappa shape index (κ3) is 3.88. The maximum absolute atomic E-state index is 10.8. The molecule has 0 unspecified atom stereocenters. The van der Waals surface area contributed by atoms with E-state index in [1.165, 1.54) is 0 Å². The van der Waals surface area contributed by atoms with Crippen molar-refractivity contribution in [3.8, 4) is 5.75 Å². The van der Waals surface area contributed by atoms with Gasteiger partial charge in [0.1, 0.15) is 12.4 Å². The van der Waals surface area contributed by atoms with Gasteiger partial charge in [-0.25, -0.2) is 4.98 Å². The summed E-state index contributed by atoms with van der Waals surface area (Å²) >= 11 is 4.97. The van der Waals surface area contributed by atoms with Crippen molar-refractivity contribution in [2.24, 2.45) is 0 Å². The minimum atomic E-state index is 0.431. The maximum Gasteiger partial charge on any atom is 0.151 e. The fourth-order valence-electron chi connectivity index (χ4n) is 1.60. The Hall–Kier alpha value is -1.20. The standard InChI is InChI=1S/C14H14BrNO2S/c1-2-3-14-16-11(9-19-14)8-18-12-4-5-13(15)10(6-12)7-17/h4-7,9H,2-3,8H2,1H3. The zero-order valence-electron chi connectivity index (χ0n) is 10.6. The molecule has 0 N–H and O–H groups in total. The molecule has 0 spiro atoms. The predicted octanol–water partition coefficient (Wildman–Crippen LogP) is 4.25. The minimum absolute atomic E-state index is 0.431. The van der Waals surface area contributed by atoms with Gasteiger partial charge in [0.2, 0.25) is 0 Å². The Morgan fingerprint density at radius 1 is 1.47 bits per heavy atom. The highest BCUT2D eigenvalue weighted by atomic mass is 79.9. The molecule has 1 heterocycles. The number of aromatic nitrogens is 1. The molecule has 0 fully saturated rings. The molecule has 0 atom stereocenters. The Bertz CT molecular complexity index is 568. The van der Waals surface area contributed by atoms with E-state index in [1.807, 2.05) is 17.5 Å². The Balaban J connectivity index is 1.99. The van der Waals surface area contributed by atoms with E-state index in [0.717, 1.165) is 34.3 Å². The summed E-state index contributed by atoms with van der Waals surface area (Å²) in [5.74, 6) is 0.676. The van der Waals surface area contributed by atoms with Gasteiger partial charge in [0.05, 0.1) is 10.7 Å². The fraction of sp³-hybridized carbons (Fsp3) is 0.286. The lowest BCUT2D eigenvalue weighted by molar-refractivity contribution is 0.112. The van der Waals surface area contributed by atoms with E-state index in [1.54, 1.807) is 17.4 Å². The van der Waals surface area contributed by atoms with Crippen molar-refractivity contribution < 1.29 is 9.53 Å². The fourth-order valence-corrected chi connectivity index (χ4v) is 2.83. The first-order chi connectivity index (χ1) is 9.22. The normalized spacial score (nSPS) is 10.4. The van der Waals surface area contributed by atoms with Crippen LogP contribution in [0.15, 0.2) is 28.1 Å². The van der Waals surface area contributed by atoms with Crippen molar-refractivity contribution >= 4 is 33.6 Å². The number of thiazole rings is 1. The Morgan fingerprint density at radius 3 is 3.05 bits per heavy atom. The molecule has 0 radical (unpaired) electrons. The zero-order chi connectivity index (χ0) is 13.7. The lowest BCUT2D eigenvalue weighted by Gasteiger charge is -2.05. The largest absolute Gasteiger partial charge is 0.487 e. The third-order valence-electron chi connectivity index (χ3n) is 2.54. The number of hydrogen-bond acceptors (Lipinski definition) is 4. The summed E-state index contributed by atoms with van der Waals surface area (Å²) in [6.45, 7) is 2.57. The SMILES string of the molecule is CCCc1nc(COc2ccc(Br)c(C=O)c2)cs1. The van der Waals surface area contributed by atoms with Crippen molar-refractivity contribution in [3.05, 3.63) is 44.3 Å². The summed E-state index contributed by atoms with van der Waals surface area (Å²) in [6, 6.07) is 5.36.